The second kappa shape index (κ2) is 8.06. The fourth-order valence-electron chi connectivity index (χ4n) is 3.81. The van der Waals surface area contributed by atoms with Gasteiger partial charge in [-0.15, -0.1) is 11.3 Å². The van der Waals surface area contributed by atoms with Gasteiger partial charge in [-0.3, -0.25) is 9.69 Å². The number of likely N-dealkylation sites (tertiary alicyclic amines) is 1. The van der Waals surface area contributed by atoms with Crippen LogP contribution in [0.1, 0.15) is 23.8 Å². The summed E-state index contributed by atoms with van der Waals surface area (Å²) in [5.41, 5.74) is 0. The normalized spacial score (nSPS) is 21.3. The van der Waals surface area contributed by atoms with Crippen LogP contribution < -0.4 is 4.90 Å². The van der Waals surface area contributed by atoms with E-state index in [2.05, 4.69) is 53.1 Å². The highest BCUT2D eigenvalue weighted by Crippen LogP contribution is 2.34. The lowest BCUT2D eigenvalue weighted by Gasteiger charge is -2.36. The monoisotopic (exact) mass is 434 g/mol. The number of thiophene rings is 1. The van der Waals surface area contributed by atoms with Gasteiger partial charge in [-0.1, -0.05) is 6.07 Å². The second-order valence-corrected chi connectivity index (χ2v) is 8.75. The molecule has 5 nitrogen and oxygen atoms in total. The summed E-state index contributed by atoms with van der Waals surface area (Å²) in [4.78, 5) is 25.3. The van der Waals surface area contributed by atoms with E-state index >= 15 is 0 Å². The summed E-state index contributed by atoms with van der Waals surface area (Å²) in [7, 11) is 0. The number of carbonyl (C=O) groups is 1. The lowest BCUT2D eigenvalue weighted by molar-refractivity contribution is -0.133. The second-order valence-electron chi connectivity index (χ2n) is 6.86. The third kappa shape index (κ3) is 3.94. The minimum absolute atomic E-state index is 0.274. The largest absolute Gasteiger partial charge is 0.354 e. The van der Waals surface area contributed by atoms with Gasteiger partial charge in [0.2, 0.25) is 5.91 Å². The van der Waals surface area contributed by atoms with Crippen LogP contribution in [0.2, 0.25) is 0 Å². The Morgan fingerprint density at radius 3 is 2.73 bits per heavy atom. The summed E-state index contributed by atoms with van der Waals surface area (Å²) in [5.74, 6) is 1.28. The molecule has 0 aromatic carbocycles. The van der Waals surface area contributed by atoms with Crippen molar-refractivity contribution in [3.05, 3.63) is 45.2 Å². The van der Waals surface area contributed by atoms with Crippen molar-refractivity contribution < 1.29 is 4.79 Å². The molecule has 1 atom stereocenters. The summed E-state index contributed by atoms with van der Waals surface area (Å²) in [6.45, 7) is 5.06. The van der Waals surface area contributed by atoms with Crippen LogP contribution in [0.15, 0.2) is 40.3 Å². The molecule has 0 saturated carbocycles. The number of hydrogen-bond donors (Lipinski definition) is 0. The maximum Gasteiger partial charge on any atom is 0.237 e. The van der Waals surface area contributed by atoms with Crippen molar-refractivity contribution in [2.75, 3.05) is 44.2 Å². The predicted molar refractivity (Wildman–Crippen MR) is 109 cm³/mol. The van der Waals surface area contributed by atoms with Crippen LogP contribution >= 0.6 is 27.3 Å². The van der Waals surface area contributed by atoms with E-state index < -0.39 is 0 Å². The summed E-state index contributed by atoms with van der Waals surface area (Å²) in [6, 6.07) is 8.59. The van der Waals surface area contributed by atoms with Crippen molar-refractivity contribution in [2.45, 2.75) is 18.9 Å². The molecule has 2 aromatic rings. The molecule has 26 heavy (non-hydrogen) atoms. The molecule has 2 aliphatic rings. The quantitative estimate of drug-likeness (QED) is 0.738. The fourth-order valence-corrected chi connectivity index (χ4v) is 4.92. The maximum atomic E-state index is 12.9. The average molecular weight is 435 g/mol. The Kier molecular flexibility index (Phi) is 5.57. The van der Waals surface area contributed by atoms with E-state index in [1.807, 2.05) is 18.3 Å². The van der Waals surface area contributed by atoms with Crippen LogP contribution in [0.3, 0.4) is 0 Å². The van der Waals surface area contributed by atoms with E-state index in [-0.39, 0.29) is 11.9 Å². The maximum absolute atomic E-state index is 12.9. The van der Waals surface area contributed by atoms with E-state index in [0.717, 1.165) is 55.9 Å². The van der Waals surface area contributed by atoms with E-state index in [9.17, 15) is 4.79 Å². The number of hydrogen-bond acceptors (Lipinski definition) is 5. The number of nitrogens with zero attached hydrogens (tertiary/aromatic N) is 4. The van der Waals surface area contributed by atoms with Crippen molar-refractivity contribution in [1.82, 2.24) is 14.8 Å². The molecule has 2 saturated heterocycles. The number of anilines is 1. The van der Waals surface area contributed by atoms with Gasteiger partial charge in [-0.25, -0.2) is 4.98 Å². The Hall–Kier alpha value is -1.44. The Bertz CT molecular complexity index is 729. The number of halogens is 1. The Balaban J connectivity index is 1.31. The molecule has 4 rings (SSSR count). The average Bonchev–Trinajstić information content (AvgIpc) is 3.34. The SMILES string of the molecule is O=C(CN1CCN(c2ccc(Br)cn2)CC1)N1CCCC1c1cccs1. The first-order valence-corrected chi connectivity index (χ1v) is 10.8. The van der Waals surface area contributed by atoms with E-state index in [1.54, 1.807) is 11.3 Å². The highest BCUT2D eigenvalue weighted by molar-refractivity contribution is 9.10. The Labute approximate surface area is 166 Å². The minimum Gasteiger partial charge on any atom is -0.354 e. The summed E-state index contributed by atoms with van der Waals surface area (Å²) >= 11 is 5.19. The van der Waals surface area contributed by atoms with Crippen molar-refractivity contribution in [2.24, 2.45) is 0 Å². The van der Waals surface area contributed by atoms with Gasteiger partial charge in [0.25, 0.3) is 0 Å². The molecule has 7 heteroatoms. The van der Waals surface area contributed by atoms with Crippen molar-refractivity contribution in [1.29, 1.82) is 0 Å². The van der Waals surface area contributed by atoms with Gasteiger partial charge in [-0.2, -0.15) is 0 Å². The van der Waals surface area contributed by atoms with Crippen LogP contribution in [-0.2, 0) is 4.79 Å². The zero-order valence-corrected chi connectivity index (χ0v) is 17.1. The molecular weight excluding hydrogens is 412 g/mol. The third-order valence-electron chi connectivity index (χ3n) is 5.21. The molecule has 2 aliphatic heterocycles. The van der Waals surface area contributed by atoms with Crippen LogP contribution in [0.4, 0.5) is 5.82 Å². The highest BCUT2D eigenvalue weighted by atomic mass is 79.9. The number of amides is 1. The number of aromatic nitrogens is 1. The molecule has 0 radical (unpaired) electrons. The number of pyridine rings is 1. The summed E-state index contributed by atoms with van der Waals surface area (Å²) in [6.07, 6.45) is 4.04. The summed E-state index contributed by atoms with van der Waals surface area (Å²) in [5, 5.41) is 2.10. The van der Waals surface area contributed by atoms with Crippen LogP contribution in [0.25, 0.3) is 0 Å². The van der Waals surface area contributed by atoms with Gasteiger partial charge in [0.15, 0.2) is 0 Å². The van der Waals surface area contributed by atoms with Gasteiger partial charge in [0.05, 0.1) is 12.6 Å². The number of carbonyl (C=O) groups excluding carboxylic acids is 1. The third-order valence-corrected chi connectivity index (χ3v) is 6.65. The molecule has 138 valence electrons. The van der Waals surface area contributed by atoms with E-state index in [4.69, 9.17) is 0 Å². The standard InChI is InChI=1S/C19H23BrN4OS/c20-15-5-6-18(21-13-15)23-10-8-22(9-11-23)14-19(25)24-7-1-3-16(24)17-4-2-12-26-17/h2,4-6,12-13,16H,1,3,7-11,14H2. The zero-order chi connectivity index (χ0) is 17.9. The van der Waals surface area contributed by atoms with Crippen LogP contribution in [0, 0.1) is 0 Å². The number of rotatable bonds is 4. The van der Waals surface area contributed by atoms with Gasteiger partial charge < -0.3 is 9.80 Å². The molecule has 1 amide bonds. The molecule has 0 N–H and O–H groups in total. The van der Waals surface area contributed by atoms with Crippen molar-refractivity contribution >= 4 is 39.0 Å². The first-order valence-electron chi connectivity index (χ1n) is 9.12. The van der Waals surface area contributed by atoms with E-state index in [1.165, 1.54) is 4.88 Å². The summed E-state index contributed by atoms with van der Waals surface area (Å²) < 4.78 is 0.997. The molecule has 0 bridgehead atoms. The van der Waals surface area contributed by atoms with E-state index in [0.29, 0.717) is 6.54 Å². The van der Waals surface area contributed by atoms with Crippen LogP contribution in [-0.4, -0.2) is 60.0 Å². The molecule has 4 heterocycles. The van der Waals surface area contributed by atoms with Crippen molar-refractivity contribution in [3.8, 4) is 0 Å². The lowest BCUT2D eigenvalue weighted by Crippen LogP contribution is -2.50. The molecule has 0 spiro atoms. The Morgan fingerprint density at radius 2 is 2.04 bits per heavy atom. The fraction of sp³-hybridized carbons (Fsp3) is 0.474. The predicted octanol–water partition coefficient (Wildman–Crippen LogP) is 3.39. The van der Waals surface area contributed by atoms with Crippen LogP contribution in [0.5, 0.6) is 0 Å². The van der Waals surface area contributed by atoms with Gasteiger partial charge in [0, 0.05) is 48.3 Å². The van der Waals surface area contributed by atoms with Gasteiger partial charge >= 0.3 is 0 Å². The molecule has 2 aromatic heterocycles. The lowest BCUT2D eigenvalue weighted by atomic mass is 10.2. The number of piperazine rings is 1. The smallest absolute Gasteiger partial charge is 0.237 e. The minimum atomic E-state index is 0.274. The Morgan fingerprint density at radius 1 is 1.19 bits per heavy atom. The highest BCUT2D eigenvalue weighted by Gasteiger charge is 2.31. The molecule has 1 unspecified atom stereocenters. The first kappa shape index (κ1) is 17.9. The van der Waals surface area contributed by atoms with Crippen molar-refractivity contribution in [3.63, 3.8) is 0 Å². The van der Waals surface area contributed by atoms with Gasteiger partial charge in [-0.05, 0) is 52.4 Å². The molecule has 2 fully saturated rings. The first-order chi connectivity index (χ1) is 12.7. The molecular formula is C19H23BrN4OS. The molecule has 0 aliphatic carbocycles. The topological polar surface area (TPSA) is 39.7 Å². The zero-order valence-electron chi connectivity index (χ0n) is 14.7. The van der Waals surface area contributed by atoms with Gasteiger partial charge in [0.1, 0.15) is 5.82 Å².